The van der Waals surface area contributed by atoms with Gasteiger partial charge in [0.25, 0.3) is 0 Å². The Kier molecular flexibility index (Phi) is 4.57. The van der Waals surface area contributed by atoms with Gasteiger partial charge in [0.2, 0.25) is 5.91 Å². The van der Waals surface area contributed by atoms with Crippen LogP contribution in [0.3, 0.4) is 0 Å². The molecule has 0 saturated heterocycles. The van der Waals surface area contributed by atoms with E-state index in [9.17, 15) is 4.79 Å². The van der Waals surface area contributed by atoms with Crippen molar-refractivity contribution in [3.63, 3.8) is 0 Å². The zero-order chi connectivity index (χ0) is 11.4. The Morgan fingerprint density at radius 2 is 2.27 bits per heavy atom. The van der Waals surface area contributed by atoms with Crippen LogP contribution in [0, 0.1) is 5.92 Å². The molecule has 1 heterocycles. The fourth-order valence-electron chi connectivity index (χ4n) is 1.04. The molecule has 0 bridgehead atoms. The van der Waals surface area contributed by atoms with Crippen LogP contribution in [-0.4, -0.2) is 11.9 Å². The van der Waals surface area contributed by atoms with E-state index in [1.807, 2.05) is 26.0 Å². The summed E-state index contributed by atoms with van der Waals surface area (Å²) in [5.74, 6) is 0.0337. The van der Waals surface area contributed by atoms with Gasteiger partial charge in [0.1, 0.15) is 0 Å². The van der Waals surface area contributed by atoms with Gasteiger partial charge in [-0.3, -0.25) is 4.79 Å². The number of halogens is 1. The molecule has 3 nitrogen and oxygen atoms in total. The summed E-state index contributed by atoms with van der Waals surface area (Å²) in [6.07, 6.45) is 0. The highest BCUT2D eigenvalue weighted by Crippen LogP contribution is 2.20. The van der Waals surface area contributed by atoms with Gasteiger partial charge in [0.05, 0.1) is 16.9 Å². The fraction of sp³-hybridized carbons (Fsp3) is 0.500. The Morgan fingerprint density at radius 3 is 2.73 bits per heavy atom. The zero-order valence-electron chi connectivity index (χ0n) is 8.79. The van der Waals surface area contributed by atoms with Gasteiger partial charge in [-0.2, -0.15) is 0 Å². The van der Waals surface area contributed by atoms with Crippen LogP contribution in [0.15, 0.2) is 12.1 Å². The first-order valence-electron chi connectivity index (χ1n) is 4.78. The molecule has 0 saturated carbocycles. The lowest BCUT2D eigenvalue weighted by atomic mass is 10.1. The van der Waals surface area contributed by atoms with E-state index >= 15 is 0 Å². The topological polar surface area (TPSA) is 55.1 Å². The summed E-state index contributed by atoms with van der Waals surface area (Å²) in [7, 11) is 0. The highest BCUT2D eigenvalue weighted by Gasteiger charge is 2.16. The van der Waals surface area contributed by atoms with Crippen LogP contribution in [0.5, 0.6) is 0 Å². The number of carbonyl (C=O) groups excluding carboxylic acids is 1. The predicted molar refractivity (Wildman–Crippen MR) is 64.0 cm³/mol. The monoisotopic (exact) mass is 246 g/mol. The Hall–Kier alpha value is -0.580. The molecule has 0 aliphatic heterocycles. The lowest BCUT2D eigenvalue weighted by Gasteiger charge is -2.14. The van der Waals surface area contributed by atoms with E-state index in [0.29, 0.717) is 6.54 Å². The van der Waals surface area contributed by atoms with Crippen LogP contribution in [0.2, 0.25) is 4.34 Å². The zero-order valence-corrected chi connectivity index (χ0v) is 10.4. The number of thiophene rings is 1. The molecule has 84 valence electrons. The molecule has 15 heavy (non-hydrogen) atoms. The van der Waals surface area contributed by atoms with E-state index in [1.54, 1.807) is 0 Å². The van der Waals surface area contributed by atoms with E-state index < -0.39 is 6.04 Å². The molecule has 0 aliphatic rings. The Balaban J connectivity index is 2.40. The van der Waals surface area contributed by atoms with Crippen molar-refractivity contribution in [1.29, 1.82) is 0 Å². The summed E-state index contributed by atoms with van der Waals surface area (Å²) in [6, 6.07) is 3.27. The summed E-state index contributed by atoms with van der Waals surface area (Å²) >= 11 is 7.23. The van der Waals surface area contributed by atoms with Crippen molar-refractivity contribution in [1.82, 2.24) is 5.32 Å². The second-order valence-electron chi connectivity index (χ2n) is 3.69. The van der Waals surface area contributed by atoms with Crippen molar-refractivity contribution >= 4 is 28.8 Å². The SMILES string of the molecule is CC(C)[C@H](N)C(=O)NCc1ccc(Cl)s1. The first-order chi connectivity index (χ1) is 7.00. The lowest BCUT2D eigenvalue weighted by Crippen LogP contribution is -2.43. The molecule has 1 rings (SSSR count). The minimum atomic E-state index is -0.444. The molecule has 1 aromatic heterocycles. The van der Waals surface area contributed by atoms with Gasteiger partial charge in [-0.15, -0.1) is 11.3 Å². The first kappa shape index (κ1) is 12.5. The Morgan fingerprint density at radius 1 is 1.60 bits per heavy atom. The molecule has 1 atom stereocenters. The molecular weight excluding hydrogens is 232 g/mol. The number of nitrogens with one attached hydrogen (secondary N) is 1. The molecule has 3 N–H and O–H groups in total. The molecular formula is C10H15ClN2OS. The van der Waals surface area contributed by atoms with Gasteiger partial charge in [-0.05, 0) is 18.1 Å². The van der Waals surface area contributed by atoms with Crippen molar-refractivity contribution in [2.75, 3.05) is 0 Å². The summed E-state index contributed by atoms with van der Waals surface area (Å²) < 4.78 is 0.729. The molecule has 0 aromatic carbocycles. The number of hydrogen-bond acceptors (Lipinski definition) is 3. The number of rotatable bonds is 4. The smallest absolute Gasteiger partial charge is 0.237 e. The minimum absolute atomic E-state index is 0.116. The van der Waals surface area contributed by atoms with Crippen molar-refractivity contribution in [3.05, 3.63) is 21.3 Å². The van der Waals surface area contributed by atoms with Gasteiger partial charge in [0.15, 0.2) is 0 Å². The lowest BCUT2D eigenvalue weighted by molar-refractivity contribution is -0.123. The van der Waals surface area contributed by atoms with Crippen LogP contribution < -0.4 is 11.1 Å². The van der Waals surface area contributed by atoms with Crippen molar-refractivity contribution in [2.45, 2.75) is 26.4 Å². The van der Waals surface area contributed by atoms with E-state index in [2.05, 4.69) is 5.32 Å². The second-order valence-corrected chi connectivity index (χ2v) is 5.49. The summed E-state index contributed by atoms with van der Waals surface area (Å²) in [5.41, 5.74) is 5.69. The van der Waals surface area contributed by atoms with Gasteiger partial charge >= 0.3 is 0 Å². The van der Waals surface area contributed by atoms with Crippen LogP contribution in [-0.2, 0) is 11.3 Å². The highest BCUT2D eigenvalue weighted by atomic mass is 35.5. The van der Waals surface area contributed by atoms with Gasteiger partial charge in [-0.1, -0.05) is 25.4 Å². The number of carbonyl (C=O) groups is 1. The molecule has 0 unspecified atom stereocenters. The first-order valence-corrected chi connectivity index (χ1v) is 5.97. The van der Waals surface area contributed by atoms with Crippen LogP contribution in [0.1, 0.15) is 18.7 Å². The third-order valence-electron chi connectivity index (χ3n) is 2.09. The molecule has 0 fully saturated rings. The predicted octanol–water partition coefficient (Wildman–Crippen LogP) is 2.00. The maximum absolute atomic E-state index is 11.5. The molecule has 1 aromatic rings. The highest BCUT2D eigenvalue weighted by molar-refractivity contribution is 7.16. The van der Waals surface area contributed by atoms with E-state index in [0.717, 1.165) is 9.21 Å². The van der Waals surface area contributed by atoms with Crippen LogP contribution in [0.4, 0.5) is 0 Å². The van der Waals surface area contributed by atoms with Gasteiger partial charge in [-0.25, -0.2) is 0 Å². The standard InChI is InChI=1S/C10H15ClN2OS/c1-6(2)9(12)10(14)13-5-7-3-4-8(11)15-7/h3-4,6,9H,5,12H2,1-2H3,(H,13,14)/t9-/m0/s1. The Labute approximate surface area is 98.6 Å². The Bertz CT molecular complexity index is 338. The maximum Gasteiger partial charge on any atom is 0.237 e. The van der Waals surface area contributed by atoms with E-state index in [4.69, 9.17) is 17.3 Å². The number of amides is 1. The van der Waals surface area contributed by atoms with Crippen molar-refractivity contribution < 1.29 is 4.79 Å². The van der Waals surface area contributed by atoms with E-state index in [1.165, 1.54) is 11.3 Å². The van der Waals surface area contributed by atoms with E-state index in [-0.39, 0.29) is 11.8 Å². The van der Waals surface area contributed by atoms with Gasteiger partial charge in [0, 0.05) is 4.88 Å². The minimum Gasteiger partial charge on any atom is -0.350 e. The number of nitrogens with two attached hydrogens (primary N) is 1. The van der Waals surface area contributed by atoms with Gasteiger partial charge < -0.3 is 11.1 Å². The quantitative estimate of drug-likeness (QED) is 0.854. The molecule has 0 aliphatic carbocycles. The molecule has 0 spiro atoms. The maximum atomic E-state index is 11.5. The summed E-state index contributed by atoms with van der Waals surface area (Å²) in [6.45, 7) is 4.34. The largest absolute Gasteiger partial charge is 0.350 e. The molecule has 5 heteroatoms. The van der Waals surface area contributed by atoms with Crippen molar-refractivity contribution in [2.24, 2.45) is 11.7 Å². The summed E-state index contributed by atoms with van der Waals surface area (Å²) in [5, 5.41) is 2.78. The van der Waals surface area contributed by atoms with Crippen molar-refractivity contribution in [3.8, 4) is 0 Å². The third-order valence-corrected chi connectivity index (χ3v) is 3.32. The molecule has 0 radical (unpaired) electrons. The fourth-order valence-corrected chi connectivity index (χ4v) is 2.07. The summed E-state index contributed by atoms with van der Waals surface area (Å²) in [4.78, 5) is 12.5. The average molecular weight is 247 g/mol. The average Bonchev–Trinajstić information content (AvgIpc) is 2.59. The van der Waals surface area contributed by atoms with Crippen LogP contribution >= 0.6 is 22.9 Å². The molecule has 1 amide bonds. The van der Waals surface area contributed by atoms with Crippen LogP contribution in [0.25, 0.3) is 0 Å². The normalized spacial score (nSPS) is 12.9. The second kappa shape index (κ2) is 5.49. The number of hydrogen-bond donors (Lipinski definition) is 2. The third kappa shape index (κ3) is 3.81.